The van der Waals surface area contributed by atoms with E-state index in [1.807, 2.05) is 0 Å². The second-order valence-corrected chi connectivity index (χ2v) is 5.39. The molecular formula is C15H17FN4O. The van der Waals surface area contributed by atoms with Gasteiger partial charge in [0.2, 0.25) is 5.91 Å². The highest BCUT2D eigenvalue weighted by molar-refractivity contribution is 5.99. The molecule has 0 spiro atoms. The lowest BCUT2D eigenvalue weighted by molar-refractivity contribution is -0.119. The average Bonchev–Trinajstić information content (AvgIpc) is 3.22. The monoisotopic (exact) mass is 288 g/mol. The molecule has 1 fully saturated rings. The van der Waals surface area contributed by atoms with E-state index in [1.165, 1.54) is 6.07 Å². The number of hydrogen-bond acceptors (Lipinski definition) is 4. The normalized spacial score (nSPS) is 14.2. The minimum Gasteiger partial charge on any atom is -0.398 e. The van der Waals surface area contributed by atoms with Crippen LogP contribution in [-0.2, 0) is 4.79 Å². The summed E-state index contributed by atoms with van der Waals surface area (Å²) in [7, 11) is 1.68. The van der Waals surface area contributed by atoms with Crippen molar-refractivity contribution in [1.82, 2.24) is 10.3 Å². The van der Waals surface area contributed by atoms with E-state index in [-0.39, 0.29) is 18.5 Å². The summed E-state index contributed by atoms with van der Waals surface area (Å²) < 4.78 is 14.3. The lowest BCUT2D eigenvalue weighted by Gasteiger charge is -2.21. The fourth-order valence-electron chi connectivity index (χ4n) is 2.38. The lowest BCUT2D eigenvalue weighted by atomic mass is 10.1. The zero-order valence-corrected chi connectivity index (χ0v) is 11.8. The number of nitrogens with zero attached hydrogens (tertiary/aromatic N) is 2. The van der Waals surface area contributed by atoms with Crippen molar-refractivity contribution >= 4 is 28.2 Å². The summed E-state index contributed by atoms with van der Waals surface area (Å²) in [5.74, 6) is -0.583. The number of amides is 1. The van der Waals surface area contributed by atoms with Gasteiger partial charge in [-0.1, -0.05) is 0 Å². The van der Waals surface area contributed by atoms with Crippen molar-refractivity contribution in [2.24, 2.45) is 0 Å². The number of likely N-dealkylation sites (N-methyl/N-ethyl adjacent to an activating group) is 1. The summed E-state index contributed by atoms with van der Waals surface area (Å²) in [6.45, 7) is 0.0863. The molecule has 1 saturated carbocycles. The van der Waals surface area contributed by atoms with Gasteiger partial charge >= 0.3 is 0 Å². The van der Waals surface area contributed by atoms with Gasteiger partial charge in [-0.25, -0.2) is 4.39 Å². The van der Waals surface area contributed by atoms with Crippen molar-refractivity contribution in [3.05, 3.63) is 30.2 Å². The van der Waals surface area contributed by atoms with Gasteiger partial charge in [-0.15, -0.1) is 0 Å². The van der Waals surface area contributed by atoms with Gasteiger partial charge in [-0.2, -0.15) is 0 Å². The Hall–Kier alpha value is -2.37. The summed E-state index contributed by atoms with van der Waals surface area (Å²) in [5.41, 5.74) is 6.93. The van der Waals surface area contributed by atoms with Gasteiger partial charge in [0.25, 0.3) is 0 Å². The number of nitrogen functional groups attached to an aromatic ring is 1. The van der Waals surface area contributed by atoms with Crippen molar-refractivity contribution in [3.8, 4) is 0 Å². The van der Waals surface area contributed by atoms with Gasteiger partial charge in [0.05, 0.1) is 17.7 Å². The predicted octanol–water partition coefficient (Wildman–Crippen LogP) is 1.67. The van der Waals surface area contributed by atoms with E-state index >= 15 is 0 Å². The highest BCUT2D eigenvalue weighted by Crippen LogP contribution is 2.31. The first kappa shape index (κ1) is 13.6. The number of halogens is 1. The number of rotatable bonds is 4. The number of hydrogen-bond donors (Lipinski definition) is 2. The first-order valence-corrected chi connectivity index (χ1v) is 6.89. The van der Waals surface area contributed by atoms with Crippen LogP contribution in [0.5, 0.6) is 0 Å². The Balaban J connectivity index is 1.92. The molecule has 6 heteroatoms. The zero-order valence-electron chi connectivity index (χ0n) is 11.8. The van der Waals surface area contributed by atoms with Crippen molar-refractivity contribution < 1.29 is 9.18 Å². The molecule has 21 heavy (non-hydrogen) atoms. The van der Waals surface area contributed by atoms with Crippen LogP contribution in [0.1, 0.15) is 12.8 Å². The number of fused-ring (bicyclic) bond motifs is 1. The number of aromatic nitrogens is 1. The van der Waals surface area contributed by atoms with E-state index in [1.54, 1.807) is 30.3 Å². The van der Waals surface area contributed by atoms with Crippen LogP contribution in [0.15, 0.2) is 24.4 Å². The van der Waals surface area contributed by atoms with E-state index < -0.39 is 5.82 Å². The lowest BCUT2D eigenvalue weighted by Crippen LogP contribution is -2.36. The number of nitrogens with two attached hydrogens (primary N) is 1. The molecular weight excluding hydrogens is 271 g/mol. The zero-order chi connectivity index (χ0) is 15.0. The molecule has 2 aromatic rings. The molecule has 1 amide bonds. The minimum absolute atomic E-state index is 0.0863. The van der Waals surface area contributed by atoms with Crippen LogP contribution in [0.3, 0.4) is 0 Å². The molecule has 1 aromatic carbocycles. The average molecular weight is 288 g/mol. The third-order valence-corrected chi connectivity index (χ3v) is 3.56. The number of anilines is 2. The molecule has 110 valence electrons. The Kier molecular flexibility index (Phi) is 3.37. The standard InChI is InChI=1S/C15H17FN4O/c1-20(8-13(21)19-9-4-5-9)15-11(16)7-12(17)10-3-2-6-18-14(10)15/h2-3,6-7,9H,4-5,8,17H2,1H3,(H,19,21). The van der Waals surface area contributed by atoms with E-state index in [2.05, 4.69) is 10.3 Å². The molecule has 0 atom stereocenters. The summed E-state index contributed by atoms with van der Waals surface area (Å²) in [5, 5.41) is 3.57. The highest BCUT2D eigenvalue weighted by atomic mass is 19.1. The van der Waals surface area contributed by atoms with Gasteiger partial charge in [0.1, 0.15) is 0 Å². The molecule has 0 unspecified atom stereocenters. The van der Waals surface area contributed by atoms with Crippen molar-refractivity contribution in [1.29, 1.82) is 0 Å². The first-order chi connectivity index (χ1) is 10.1. The van der Waals surface area contributed by atoms with Crippen LogP contribution in [0, 0.1) is 5.82 Å². The third-order valence-electron chi connectivity index (χ3n) is 3.56. The molecule has 1 aliphatic rings. The number of carbonyl (C=O) groups is 1. The Morgan fingerprint density at radius 1 is 1.57 bits per heavy atom. The van der Waals surface area contributed by atoms with Crippen LogP contribution >= 0.6 is 0 Å². The fourth-order valence-corrected chi connectivity index (χ4v) is 2.38. The molecule has 0 bridgehead atoms. The van der Waals surface area contributed by atoms with Crippen molar-refractivity contribution in [2.45, 2.75) is 18.9 Å². The van der Waals surface area contributed by atoms with Crippen LogP contribution in [0.4, 0.5) is 15.8 Å². The Bertz CT molecular complexity index is 699. The van der Waals surface area contributed by atoms with Gasteiger partial charge in [-0.05, 0) is 31.0 Å². The largest absolute Gasteiger partial charge is 0.398 e. The second kappa shape index (κ2) is 5.20. The van der Waals surface area contributed by atoms with Gasteiger partial charge in [-0.3, -0.25) is 9.78 Å². The Morgan fingerprint density at radius 3 is 3.05 bits per heavy atom. The van der Waals surface area contributed by atoms with Gasteiger partial charge in [0, 0.05) is 30.4 Å². The molecule has 1 aromatic heterocycles. The number of carbonyl (C=O) groups excluding carboxylic acids is 1. The number of benzene rings is 1. The van der Waals surface area contributed by atoms with Gasteiger partial charge < -0.3 is 16.0 Å². The molecule has 0 radical (unpaired) electrons. The number of pyridine rings is 1. The summed E-state index contributed by atoms with van der Waals surface area (Å²) >= 11 is 0. The first-order valence-electron chi connectivity index (χ1n) is 6.89. The summed E-state index contributed by atoms with van der Waals surface area (Å²) in [6.07, 6.45) is 3.63. The van der Waals surface area contributed by atoms with Crippen LogP contribution < -0.4 is 16.0 Å². The van der Waals surface area contributed by atoms with E-state index in [0.29, 0.717) is 22.3 Å². The topological polar surface area (TPSA) is 71.2 Å². The second-order valence-electron chi connectivity index (χ2n) is 5.39. The van der Waals surface area contributed by atoms with Gasteiger partial charge in [0.15, 0.2) is 5.82 Å². The SMILES string of the molecule is CN(CC(=O)NC1CC1)c1c(F)cc(N)c2cccnc12. The number of nitrogens with one attached hydrogen (secondary N) is 1. The smallest absolute Gasteiger partial charge is 0.239 e. The molecule has 0 aliphatic heterocycles. The molecule has 0 saturated heterocycles. The van der Waals surface area contributed by atoms with E-state index in [0.717, 1.165) is 12.8 Å². The Morgan fingerprint density at radius 2 is 2.33 bits per heavy atom. The minimum atomic E-state index is -0.472. The molecule has 3 rings (SSSR count). The maximum atomic E-state index is 14.3. The molecule has 5 nitrogen and oxygen atoms in total. The highest BCUT2D eigenvalue weighted by Gasteiger charge is 2.24. The third kappa shape index (κ3) is 2.74. The molecule has 3 N–H and O–H groups in total. The maximum Gasteiger partial charge on any atom is 0.239 e. The summed E-state index contributed by atoms with van der Waals surface area (Å²) in [4.78, 5) is 17.7. The maximum absolute atomic E-state index is 14.3. The van der Waals surface area contributed by atoms with Crippen LogP contribution in [-0.4, -0.2) is 30.5 Å². The molecule has 1 aliphatic carbocycles. The summed E-state index contributed by atoms with van der Waals surface area (Å²) in [6, 6.07) is 5.10. The van der Waals surface area contributed by atoms with Crippen LogP contribution in [0.2, 0.25) is 0 Å². The fraction of sp³-hybridized carbons (Fsp3) is 0.333. The quantitative estimate of drug-likeness (QED) is 0.840. The van der Waals surface area contributed by atoms with E-state index in [9.17, 15) is 9.18 Å². The Labute approximate surface area is 121 Å². The predicted molar refractivity (Wildman–Crippen MR) is 80.5 cm³/mol. The van der Waals surface area contributed by atoms with E-state index in [4.69, 9.17) is 5.73 Å². The van der Waals surface area contributed by atoms with Crippen molar-refractivity contribution in [2.75, 3.05) is 24.2 Å². The van der Waals surface area contributed by atoms with Crippen LogP contribution in [0.25, 0.3) is 10.9 Å². The molecule has 1 heterocycles. The van der Waals surface area contributed by atoms with Crippen molar-refractivity contribution in [3.63, 3.8) is 0 Å².